The van der Waals surface area contributed by atoms with Gasteiger partial charge in [0.1, 0.15) is 4.90 Å². The first kappa shape index (κ1) is 17.6. The van der Waals surface area contributed by atoms with E-state index in [4.69, 9.17) is 9.47 Å². The molecular weight excluding hydrogens is 370 g/mol. The number of halogens is 1. The highest BCUT2D eigenvalue weighted by atomic mass is 79.9. The van der Waals surface area contributed by atoms with E-state index in [2.05, 4.69) is 29.8 Å². The molecule has 1 aliphatic heterocycles. The van der Waals surface area contributed by atoms with Gasteiger partial charge < -0.3 is 9.47 Å². The van der Waals surface area contributed by atoms with Crippen molar-refractivity contribution in [3.8, 4) is 11.5 Å². The van der Waals surface area contributed by atoms with Crippen LogP contribution in [0.1, 0.15) is 20.3 Å². The third kappa shape index (κ3) is 3.41. The summed E-state index contributed by atoms with van der Waals surface area (Å²) in [6.45, 7) is 5.27. The molecule has 0 spiro atoms. The summed E-state index contributed by atoms with van der Waals surface area (Å²) in [4.78, 5) is 0.214. The van der Waals surface area contributed by atoms with Gasteiger partial charge in [0.15, 0.2) is 11.5 Å². The highest BCUT2D eigenvalue weighted by Crippen LogP contribution is 2.37. The second-order valence-corrected chi connectivity index (χ2v) is 8.67. The summed E-state index contributed by atoms with van der Waals surface area (Å²) in [7, 11) is -0.552. The van der Waals surface area contributed by atoms with Crippen molar-refractivity contribution in [3.05, 3.63) is 16.6 Å². The van der Waals surface area contributed by atoms with Gasteiger partial charge in [0, 0.05) is 23.6 Å². The van der Waals surface area contributed by atoms with Crippen LogP contribution in [0.25, 0.3) is 0 Å². The van der Waals surface area contributed by atoms with Crippen molar-refractivity contribution in [1.29, 1.82) is 0 Å². The molecule has 0 N–H and O–H groups in total. The molecule has 0 amide bonds. The number of ether oxygens (including phenoxy) is 2. The minimum atomic E-state index is -3.57. The minimum Gasteiger partial charge on any atom is -0.493 e. The highest BCUT2D eigenvalue weighted by molar-refractivity contribution is 9.10. The molecule has 1 aromatic rings. The summed E-state index contributed by atoms with van der Waals surface area (Å²) in [6, 6.07) is 3.14. The normalized spacial score (nSPS) is 23.3. The Labute approximate surface area is 140 Å². The molecule has 2 rings (SSSR count). The first-order valence-electron chi connectivity index (χ1n) is 7.21. The van der Waals surface area contributed by atoms with Crippen molar-refractivity contribution in [1.82, 2.24) is 4.31 Å². The van der Waals surface area contributed by atoms with Crippen molar-refractivity contribution in [3.63, 3.8) is 0 Å². The molecule has 5 nitrogen and oxygen atoms in total. The van der Waals surface area contributed by atoms with Gasteiger partial charge in [0.05, 0.1) is 14.2 Å². The highest BCUT2D eigenvalue weighted by Gasteiger charge is 2.33. The van der Waals surface area contributed by atoms with E-state index in [-0.39, 0.29) is 4.90 Å². The minimum absolute atomic E-state index is 0.214. The fraction of sp³-hybridized carbons (Fsp3) is 0.600. The van der Waals surface area contributed by atoms with Gasteiger partial charge in [-0.2, -0.15) is 4.31 Å². The predicted octanol–water partition coefficient (Wildman–Crippen LogP) is 3.13. The maximum atomic E-state index is 13.0. The molecule has 0 radical (unpaired) electrons. The zero-order chi connectivity index (χ0) is 16.5. The molecule has 0 aromatic heterocycles. The lowest BCUT2D eigenvalue weighted by Crippen LogP contribution is -2.42. The standard InChI is InChI=1S/C15H22BrNO4S/c1-10-5-11(2)9-17(8-10)22(18,19)15-7-14(21-4)13(20-3)6-12(15)16/h6-7,10-11H,5,8-9H2,1-4H3. The van der Waals surface area contributed by atoms with Gasteiger partial charge >= 0.3 is 0 Å². The van der Waals surface area contributed by atoms with E-state index in [1.165, 1.54) is 20.3 Å². The third-order valence-corrected chi connectivity index (χ3v) is 6.68. The number of methoxy groups -OCH3 is 2. The van der Waals surface area contributed by atoms with Gasteiger partial charge in [-0.05, 0) is 40.3 Å². The van der Waals surface area contributed by atoms with Gasteiger partial charge in [-0.25, -0.2) is 8.42 Å². The Morgan fingerprint density at radius 1 is 1.09 bits per heavy atom. The monoisotopic (exact) mass is 391 g/mol. The average Bonchev–Trinajstić information content (AvgIpc) is 2.45. The number of hydrogen-bond acceptors (Lipinski definition) is 4. The van der Waals surface area contributed by atoms with Gasteiger partial charge in [-0.15, -0.1) is 0 Å². The van der Waals surface area contributed by atoms with E-state index in [0.29, 0.717) is 40.9 Å². The molecule has 2 atom stereocenters. The van der Waals surface area contributed by atoms with Crippen LogP contribution in [0.15, 0.2) is 21.5 Å². The summed E-state index contributed by atoms with van der Waals surface area (Å²) in [5, 5.41) is 0. The topological polar surface area (TPSA) is 55.8 Å². The Bertz CT molecular complexity index is 637. The lowest BCUT2D eigenvalue weighted by Gasteiger charge is -2.34. The van der Waals surface area contributed by atoms with Crippen LogP contribution in [-0.2, 0) is 10.0 Å². The van der Waals surface area contributed by atoms with E-state index < -0.39 is 10.0 Å². The Balaban J connectivity index is 2.45. The van der Waals surface area contributed by atoms with Gasteiger partial charge in [0.25, 0.3) is 0 Å². The third-order valence-electron chi connectivity index (χ3n) is 3.89. The Morgan fingerprint density at radius 2 is 1.59 bits per heavy atom. The molecule has 0 saturated carbocycles. The van der Waals surface area contributed by atoms with Crippen molar-refractivity contribution in [2.75, 3.05) is 27.3 Å². The van der Waals surface area contributed by atoms with Crippen molar-refractivity contribution in [2.24, 2.45) is 11.8 Å². The van der Waals surface area contributed by atoms with Crippen LogP contribution in [-0.4, -0.2) is 40.0 Å². The van der Waals surface area contributed by atoms with Gasteiger partial charge in [-0.1, -0.05) is 13.8 Å². The van der Waals surface area contributed by atoms with Crippen LogP contribution < -0.4 is 9.47 Å². The van der Waals surface area contributed by atoms with Gasteiger partial charge in [-0.3, -0.25) is 0 Å². The SMILES string of the molecule is COc1cc(Br)c(S(=O)(=O)N2CC(C)CC(C)C2)cc1OC. The van der Waals surface area contributed by atoms with Crippen LogP contribution in [0, 0.1) is 11.8 Å². The Kier molecular flexibility index (Phi) is 5.40. The largest absolute Gasteiger partial charge is 0.493 e. The Morgan fingerprint density at radius 3 is 2.09 bits per heavy atom. The molecule has 1 aliphatic rings. The van der Waals surface area contributed by atoms with E-state index in [0.717, 1.165) is 6.42 Å². The Hall–Kier alpha value is -0.790. The lowest BCUT2D eigenvalue weighted by atomic mass is 9.94. The summed E-state index contributed by atoms with van der Waals surface area (Å²) in [5.41, 5.74) is 0. The smallest absolute Gasteiger partial charge is 0.244 e. The second kappa shape index (κ2) is 6.76. The predicted molar refractivity (Wildman–Crippen MR) is 88.9 cm³/mol. The fourth-order valence-corrected chi connectivity index (χ4v) is 5.65. The zero-order valence-corrected chi connectivity index (χ0v) is 15.7. The maximum Gasteiger partial charge on any atom is 0.244 e. The molecule has 22 heavy (non-hydrogen) atoms. The van der Waals surface area contributed by atoms with Crippen molar-refractivity contribution < 1.29 is 17.9 Å². The van der Waals surface area contributed by atoms with E-state index >= 15 is 0 Å². The molecule has 124 valence electrons. The summed E-state index contributed by atoms with van der Waals surface area (Å²) in [5.74, 6) is 1.62. The number of piperidine rings is 1. The van der Waals surface area contributed by atoms with Crippen LogP contribution in [0.2, 0.25) is 0 Å². The lowest BCUT2D eigenvalue weighted by molar-refractivity contribution is 0.222. The second-order valence-electron chi connectivity index (χ2n) is 5.91. The first-order chi connectivity index (χ1) is 10.3. The number of benzene rings is 1. The molecular formula is C15H22BrNO4S. The molecule has 1 heterocycles. The van der Waals surface area contributed by atoms with Crippen LogP contribution in [0.4, 0.5) is 0 Å². The van der Waals surface area contributed by atoms with Gasteiger partial charge in [0.2, 0.25) is 10.0 Å². The van der Waals surface area contributed by atoms with Crippen molar-refractivity contribution in [2.45, 2.75) is 25.2 Å². The fourth-order valence-electron chi connectivity index (χ4n) is 2.97. The number of rotatable bonds is 4. The quantitative estimate of drug-likeness (QED) is 0.790. The summed E-state index contributed by atoms with van der Waals surface area (Å²) >= 11 is 3.34. The maximum absolute atomic E-state index is 13.0. The molecule has 1 saturated heterocycles. The first-order valence-corrected chi connectivity index (χ1v) is 9.44. The molecule has 1 fully saturated rings. The molecule has 2 unspecified atom stereocenters. The number of sulfonamides is 1. The zero-order valence-electron chi connectivity index (χ0n) is 13.3. The molecule has 0 aliphatic carbocycles. The van der Waals surface area contributed by atoms with Crippen molar-refractivity contribution >= 4 is 26.0 Å². The van der Waals surface area contributed by atoms with E-state index in [1.807, 2.05) is 0 Å². The molecule has 0 bridgehead atoms. The average molecular weight is 392 g/mol. The summed E-state index contributed by atoms with van der Waals surface area (Å²) in [6.07, 6.45) is 1.05. The number of hydrogen-bond donors (Lipinski definition) is 0. The molecule has 1 aromatic carbocycles. The van der Waals surface area contributed by atoms with Crippen LogP contribution in [0.3, 0.4) is 0 Å². The number of nitrogens with zero attached hydrogens (tertiary/aromatic N) is 1. The summed E-state index contributed by atoms with van der Waals surface area (Å²) < 4.78 is 38.4. The van der Waals surface area contributed by atoms with E-state index in [9.17, 15) is 8.42 Å². The van der Waals surface area contributed by atoms with Crippen LogP contribution >= 0.6 is 15.9 Å². The van der Waals surface area contributed by atoms with Crippen LogP contribution in [0.5, 0.6) is 11.5 Å². The molecule has 7 heteroatoms. The van der Waals surface area contributed by atoms with E-state index in [1.54, 1.807) is 10.4 Å².